The van der Waals surface area contributed by atoms with E-state index in [9.17, 15) is 38.7 Å². The predicted octanol–water partition coefficient (Wildman–Crippen LogP) is -4.75. The second kappa shape index (κ2) is 16.4. The molecule has 0 aromatic heterocycles. The smallest absolute Gasteiger partial charge is 0.328 e. The van der Waals surface area contributed by atoms with E-state index in [2.05, 4.69) is 21.3 Å². The number of carboxylic acids is 1. The molecule has 1 heterocycles. The highest BCUT2D eigenvalue weighted by Gasteiger charge is 2.36. The van der Waals surface area contributed by atoms with Gasteiger partial charge in [-0.2, -0.15) is 0 Å². The van der Waals surface area contributed by atoms with Crippen LogP contribution in [0.4, 0.5) is 0 Å². The number of likely N-dealkylation sites (tertiary alicyclic amines) is 1. The molecule has 1 fully saturated rings. The first-order chi connectivity index (χ1) is 19.1. The topological polar surface area (TPSA) is 284 Å². The summed E-state index contributed by atoms with van der Waals surface area (Å²) in [5, 5.41) is 37.0. The summed E-state index contributed by atoms with van der Waals surface area (Å²) in [7, 11) is 0. The number of primary amides is 1. The largest absolute Gasteiger partial charge is 0.480 e. The van der Waals surface area contributed by atoms with Gasteiger partial charge in [0.2, 0.25) is 35.4 Å². The molecule has 1 aliphatic rings. The quantitative estimate of drug-likeness (QED) is 0.0826. The lowest BCUT2D eigenvalue weighted by Crippen LogP contribution is -2.58. The Hall–Kier alpha value is -3.83. The molecule has 17 heteroatoms. The molecule has 17 nitrogen and oxygen atoms in total. The normalized spacial score (nSPS) is 18.4. The highest BCUT2D eigenvalue weighted by atomic mass is 16.4. The van der Waals surface area contributed by atoms with Crippen LogP contribution in [0.2, 0.25) is 0 Å². The van der Waals surface area contributed by atoms with Crippen LogP contribution in [0.1, 0.15) is 46.5 Å². The van der Waals surface area contributed by atoms with Crippen LogP contribution in [0.3, 0.4) is 0 Å². The maximum atomic E-state index is 13.0. The lowest BCUT2D eigenvalue weighted by Gasteiger charge is -2.27. The Morgan fingerprint density at radius 1 is 0.927 bits per heavy atom. The average Bonchev–Trinajstić information content (AvgIpc) is 3.38. The van der Waals surface area contributed by atoms with E-state index >= 15 is 0 Å². The molecule has 0 aromatic rings. The number of aliphatic hydroxyl groups is 2. The van der Waals surface area contributed by atoms with Crippen molar-refractivity contribution in [3.05, 3.63) is 0 Å². The first-order valence-corrected chi connectivity index (χ1v) is 13.1. The third kappa shape index (κ3) is 11.3. The van der Waals surface area contributed by atoms with E-state index in [4.69, 9.17) is 21.7 Å². The summed E-state index contributed by atoms with van der Waals surface area (Å²) in [4.78, 5) is 87.3. The molecule has 1 saturated heterocycles. The maximum absolute atomic E-state index is 13.0. The molecule has 0 bridgehead atoms. The summed E-state index contributed by atoms with van der Waals surface area (Å²) in [6.45, 7) is 3.60. The van der Waals surface area contributed by atoms with Crippen molar-refractivity contribution in [2.24, 2.45) is 17.4 Å². The van der Waals surface area contributed by atoms with Crippen molar-refractivity contribution in [2.75, 3.05) is 19.7 Å². The zero-order valence-corrected chi connectivity index (χ0v) is 23.3. The maximum Gasteiger partial charge on any atom is 0.328 e. The average molecular weight is 588 g/mol. The number of amides is 6. The summed E-state index contributed by atoms with van der Waals surface area (Å²) in [5.74, 6) is -6.47. The van der Waals surface area contributed by atoms with E-state index in [1.807, 2.05) is 0 Å². The standard InChI is InChI=1S/C24H41N7O10/c1-11(2)7-13(28-21(37)14(8-17(25)34)29-23(39)19(26)12(3)33)20(36)27-9-18(35)31-6-4-5-16(31)22(38)30-15(10-32)24(40)41/h11-16,19,32-33H,4-10,26H2,1-3H3,(H2,25,34)(H,27,36)(H,28,37)(H,29,39)(H,30,38)(H,40,41)/t12-,13+,14+,15+,16-,19+/m1/s1. The van der Waals surface area contributed by atoms with Crippen LogP contribution >= 0.6 is 0 Å². The molecule has 232 valence electrons. The van der Waals surface area contributed by atoms with Crippen LogP contribution < -0.4 is 32.7 Å². The van der Waals surface area contributed by atoms with Gasteiger partial charge in [0, 0.05) is 6.54 Å². The van der Waals surface area contributed by atoms with Crippen LogP contribution in [0.5, 0.6) is 0 Å². The van der Waals surface area contributed by atoms with Gasteiger partial charge >= 0.3 is 5.97 Å². The molecule has 1 aliphatic heterocycles. The number of carboxylic acid groups (broad SMARTS) is 1. The summed E-state index contributed by atoms with van der Waals surface area (Å²) >= 11 is 0. The summed E-state index contributed by atoms with van der Waals surface area (Å²) in [5.41, 5.74) is 10.8. The highest BCUT2D eigenvalue weighted by Crippen LogP contribution is 2.17. The Labute approximate surface area is 236 Å². The molecule has 0 saturated carbocycles. The fraction of sp³-hybridized carbons (Fsp3) is 0.708. The minimum Gasteiger partial charge on any atom is -0.480 e. The van der Waals surface area contributed by atoms with Crippen molar-refractivity contribution in [2.45, 2.75) is 82.8 Å². The lowest BCUT2D eigenvalue weighted by molar-refractivity contribution is -0.145. The third-order valence-electron chi connectivity index (χ3n) is 6.29. The minimum absolute atomic E-state index is 0.114. The number of hydrogen-bond acceptors (Lipinski definition) is 10. The molecule has 11 N–H and O–H groups in total. The molecule has 6 atom stereocenters. The molecule has 41 heavy (non-hydrogen) atoms. The van der Waals surface area contributed by atoms with Crippen molar-refractivity contribution >= 4 is 41.4 Å². The number of rotatable bonds is 16. The molecule has 0 radical (unpaired) electrons. The van der Waals surface area contributed by atoms with Crippen LogP contribution in [-0.4, -0.2) is 118 Å². The fourth-order valence-corrected chi connectivity index (χ4v) is 4.05. The van der Waals surface area contributed by atoms with Gasteiger partial charge in [-0.15, -0.1) is 0 Å². The molecule has 6 amide bonds. The van der Waals surface area contributed by atoms with Gasteiger partial charge in [0.05, 0.1) is 25.7 Å². The van der Waals surface area contributed by atoms with E-state index in [-0.39, 0.29) is 25.3 Å². The number of carbonyl (C=O) groups is 7. The van der Waals surface area contributed by atoms with Gasteiger partial charge in [-0.3, -0.25) is 28.8 Å². The van der Waals surface area contributed by atoms with E-state index < -0.39 is 97.3 Å². The Morgan fingerprint density at radius 3 is 2.05 bits per heavy atom. The Kier molecular flexibility index (Phi) is 14.1. The monoisotopic (exact) mass is 587 g/mol. The van der Waals surface area contributed by atoms with Crippen molar-refractivity contribution in [3.63, 3.8) is 0 Å². The molecule has 0 unspecified atom stereocenters. The summed E-state index contributed by atoms with van der Waals surface area (Å²) in [6, 6.07) is -6.61. The second-order valence-electron chi connectivity index (χ2n) is 10.2. The zero-order valence-electron chi connectivity index (χ0n) is 23.3. The first kappa shape index (κ1) is 35.2. The molecule has 1 rings (SSSR count). The van der Waals surface area contributed by atoms with E-state index in [0.717, 1.165) is 0 Å². The Bertz CT molecular complexity index is 990. The van der Waals surface area contributed by atoms with Crippen LogP contribution in [0.15, 0.2) is 0 Å². The summed E-state index contributed by atoms with van der Waals surface area (Å²) < 4.78 is 0. The van der Waals surface area contributed by atoms with Gasteiger partial charge in [0.25, 0.3) is 0 Å². The molecular weight excluding hydrogens is 546 g/mol. The van der Waals surface area contributed by atoms with E-state index in [1.165, 1.54) is 11.8 Å². The SMILES string of the molecule is CC(C)C[C@H](NC(=O)[C@H](CC(N)=O)NC(=O)[C@@H](N)[C@@H](C)O)C(=O)NCC(=O)N1CCC[C@@H]1C(=O)N[C@@H](CO)C(=O)O. The summed E-state index contributed by atoms with van der Waals surface area (Å²) in [6.07, 6.45) is -1.05. The number of aliphatic hydroxyl groups excluding tert-OH is 2. The molecule has 0 spiro atoms. The van der Waals surface area contributed by atoms with Crippen molar-refractivity contribution in [3.8, 4) is 0 Å². The van der Waals surface area contributed by atoms with Gasteiger partial charge in [-0.1, -0.05) is 13.8 Å². The van der Waals surface area contributed by atoms with Gasteiger partial charge < -0.3 is 53.0 Å². The number of nitrogens with one attached hydrogen (secondary N) is 4. The van der Waals surface area contributed by atoms with Crippen molar-refractivity contribution in [1.82, 2.24) is 26.2 Å². The number of nitrogens with two attached hydrogens (primary N) is 2. The minimum atomic E-state index is -1.54. The molecular formula is C24H41N7O10. The molecule has 0 aliphatic carbocycles. The number of carbonyl (C=O) groups excluding carboxylic acids is 6. The van der Waals surface area contributed by atoms with Gasteiger partial charge in [-0.05, 0) is 32.1 Å². The predicted molar refractivity (Wildman–Crippen MR) is 141 cm³/mol. The van der Waals surface area contributed by atoms with E-state index in [0.29, 0.717) is 6.42 Å². The van der Waals surface area contributed by atoms with Crippen molar-refractivity contribution in [1.29, 1.82) is 0 Å². The lowest BCUT2D eigenvalue weighted by atomic mass is 10.0. The highest BCUT2D eigenvalue weighted by molar-refractivity contribution is 5.97. The second-order valence-corrected chi connectivity index (χ2v) is 10.2. The van der Waals surface area contributed by atoms with E-state index in [1.54, 1.807) is 13.8 Å². The van der Waals surface area contributed by atoms with Gasteiger partial charge in [0.15, 0.2) is 0 Å². The molecule has 0 aromatic carbocycles. The van der Waals surface area contributed by atoms with Gasteiger partial charge in [-0.25, -0.2) is 4.79 Å². The number of aliphatic carboxylic acids is 1. The van der Waals surface area contributed by atoms with Crippen molar-refractivity contribution < 1.29 is 48.9 Å². The van der Waals surface area contributed by atoms with Crippen LogP contribution in [-0.2, 0) is 33.6 Å². The zero-order chi connectivity index (χ0) is 31.4. The Morgan fingerprint density at radius 2 is 1.54 bits per heavy atom. The Balaban J connectivity index is 2.90. The van der Waals surface area contributed by atoms with Crippen LogP contribution in [0.25, 0.3) is 0 Å². The number of hydrogen-bond donors (Lipinski definition) is 9. The first-order valence-electron chi connectivity index (χ1n) is 13.1. The number of nitrogens with zero attached hydrogens (tertiary/aromatic N) is 1. The van der Waals surface area contributed by atoms with Gasteiger partial charge in [0.1, 0.15) is 30.2 Å². The fourth-order valence-electron chi connectivity index (χ4n) is 4.05. The van der Waals surface area contributed by atoms with Crippen LogP contribution in [0, 0.1) is 5.92 Å². The third-order valence-corrected chi connectivity index (χ3v) is 6.29.